The second kappa shape index (κ2) is 7.26. The number of anilines is 1. The predicted molar refractivity (Wildman–Crippen MR) is 87.1 cm³/mol. The minimum Gasteiger partial charge on any atom is -0.478 e. The molecule has 6 nitrogen and oxygen atoms in total. The number of hydrogen-bond acceptors (Lipinski definition) is 5. The molecule has 1 aromatic carbocycles. The highest BCUT2D eigenvalue weighted by atomic mass is 16.6. The van der Waals surface area contributed by atoms with Gasteiger partial charge in [0, 0.05) is 24.8 Å². The van der Waals surface area contributed by atoms with Crippen molar-refractivity contribution in [1.29, 1.82) is 0 Å². The molecule has 0 saturated heterocycles. The van der Waals surface area contributed by atoms with E-state index in [-0.39, 0.29) is 11.1 Å². The number of carboxylic acids is 1. The Balaban J connectivity index is 3.12. The van der Waals surface area contributed by atoms with Crippen molar-refractivity contribution in [3.05, 3.63) is 29.3 Å². The fourth-order valence-corrected chi connectivity index (χ4v) is 2.00. The number of Topliss-reactive ketones (excluding diaryl/α,β-unsaturated/α-hetero) is 1. The van der Waals surface area contributed by atoms with E-state index in [1.54, 1.807) is 33.9 Å². The van der Waals surface area contributed by atoms with Crippen LogP contribution in [0.15, 0.2) is 18.2 Å². The average Bonchev–Trinajstić information content (AvgIpc) is 2.43. The zero-order valence-electron chi connectivity index (χ0n) is 14.2. The van der Waals surface area contributed by atoms with Gasteiger partial charge in [-0.05, 0) is 45.9 Å². The first-order chi connectivity index (χ1) is 10.5. The van der Waals surface area contributed by atoms with Gasteiger partial charge in [0.1, 0.15) is 12.0 Å². The van der Waals surface area contributed by atoms with Crippen LogP contribution >= 0.6 is 0 Å². The van der Waals surface area contributed by atoms with E-state index in [1.807, 2.05) is 11.8 Å². The first kappa shape index (κ1) is 18.7. The van der Waals surface area contributed by atoms with Crippen molar-refractivity contribution in [2.75, 3.05) is 18.5 Å². The molecule has 1 aromatic rings. The summed E-state index contributed by atoms with van der Waals surface area (Å²) in [5, 5.41) is 9.10. The quantitative estimate of drug-likeness (QED) is 0.493. The molecule has 6 heteroatoms. The Hall–Kier alpha value is -2.37. The summed E-state index contributed by atoms with van der Waals surface area (Å²) in [6.45, 7) is 7.70. The Morgan fingerprint density at radius 3 is 2.30 bits per heavy atom. The number of aromatic carboxylic acids is 1. The van der Waals surface area contributed by atoms with Gasteiger partial charge in [-0.1, -0.05) is 0 Å². The maximum Gasteiger partial charge on any atom is 0.335 e. The molecule has 0 radical (unpaired) electrons. The van der Waals surface area contributed by atoms with Crippen LogP contribution in [0.3, 0.4) is 0 Å². The van der Waals surface area contributed by atoms with E-state index >= 15 is 0 Å². The number of carbonyl (C=O) groups excluding carboxylic acids is 2. The number of nitrogens with zero attached hydrogens (tertiary/aromatic N) is 1. The molecular weight excluding hydrogens is 298 g/mol. The number of hydrogen-bond donors (Lipinski definition) is 1. The van der Waals surface area contributed by atoms with Crippen LogP contribution in [-0.4, -0.2) is 42.0 Å². The van der Waals surface area contributed by atoms with Gasteiger partial charge >= 0.3 is 11.9 Å². The molecule has 1 rings (SSSR count). The Kier molecular flexibility index (Phi) is 5.90. The highest BCUT2D eigenvalue weighted by molar-refractivity contribution is 6.10. The molecule has 1 N–H and O–H groups in total. The fourth-order valence-electron chi connectivity index (χ4n) is 2.00. The fraction of sp³-hybridized carbons (Fsp3) is 0.471. The van der Waals surface area contributed by atoms with Crippen LogP contribution in [0.25, 0.3) is 0 Å². The molecule has 126 valence electrons. The maximum absolute atomic E-state index is 12.4. The molecule has 0 aliphatic heterocycles. The van der Waals surface area contributed by atoms with Gasteiger partial charge in [-0.15, -0.1) is 0 Å². The van der Waals surface area contributed by atoms with Crippen LogP contribution < -0.4 is 4.90 Å². The zero-order valence-corrected chi connectivity index (χ0v) is 14.2. The van der Waals surface area contributed by atoms with Gasteiger partial charge in [0.2, 0.25) is 0 Å². The molecule has 0 aromatic heterocycles. The lowest BCUT2D eigenvalue weighted by Crippen LogP contribution is -2.26. The van der Waals surface area contributed by atoms with E-state index in [9.17, 15) is 14.4 Å². The van der Waals surface area contributed by atoms with Crippen molar-refractivity contribution >= 4 is 23.4 Å². The van der Waals surface area contributed by atoms with Crippen molar-refractivity contribution < 1.29 is 24.2 Å². The number of carbonyl (C=O) groups is 3. The van der Waals surface area contributed by atoms with Crippen molar-refractivity contribution in [2.45, 2.75) is 39.7 Å². The average molecular weight is 321 g/mol. The molecule has 0 spiro atoms. The van der Waals surface area contributed by atoms with E-state index in [0.29, 0.717) is 12.2 Å². The minimum atomic E-state index is -1.12. The van der Waals surface area contributed by atoms with Crippen LogP contribution in [0.1, 0.15) is 54.8 Å². The second-order valence-electron chi connectivity index (χ2n) is 6.24. The molecule has 0 fully saturated rings. The van der Waals surface area contributed by atoms with Crippen LogP contribution in [0.2, 0.25) is 0 Å². The van der Waals surface area contributed by atoms with E-state index in [0.717, 1.165) is 0 Å². The Morgan fingerprint density at radius 1 is 1.22 bits per heavy atom. The van der Waals surface area contributed by atoms with E-state index in [4.69, 9.17) is 9.84 Å². The topological polar surface area (TPSA) is 83.9 Å². The molecule has 0 aliphatic rings. The lowest BCUT2D eigenvalue weighted by atomic mass is 10.0. The number of carboxylic acid groups (broad SMARTS) is 1. The van der Waals surface area contributed by atoms with E-state index < -0.39 is 29.7 Å². The first-order valence-corrected chi connectivity index (χ1v) is 7.38. The van der Waals surface area contributed by atoms with Crippen LogP contribution in [0, 0.1) is 0 Å². The third kappa shape index (κ3) is 5.39. The minimum absolute atomic E-state index is 0.00536. The van der Waals surface area contributed by atoms with Crippen molar-refractivity contribution in [3.63, 3.8) is 0 Å². The Labute approximate surface area is 136 Å². The predicted octanol–water partition coefficient (Wildman–Crippen LogP) is 2.76. The zero-order chi connectivity index (χ0) is 17.8. The SMILES string of the molecule is CCN(C)c1ccc(C(=O)O)cc1C(=O)CC(=O)OC(C)(C)C. The summed E-state index contributed by atoms with van der Waals surface area (Å²) in [4.78, 5) is 37.2. The standard InChI is InChI=1S/C17H23NO5/c1-6-18(5)13-8-7-11(16(21)22)9-12(13)14(19)10-15(20)23-17(2,3)4/h7-9H,6,10H2,1-5H3,(H,21,22). The van der Waals surface area contributed by atoms with E-state index in [1.165, 1.54) is 12.1 Å². The first-order valence-electron chi connectivity index (χ1n) is 7.38. The largest absolute Gasteiger partial charge is 0.478 e. The molecule has 0 bridgehead atoms. The molecule has 0 amide bonds. The Bertz CT molecular complexity index is 616. The summed E-state index contributed by atoms with van der Waals surface area (Å²) in [5.41, 5.74) is 0.125. The summed E-state index contributed by atoms with van der Waals surface area (Å²) in [6, 6.07) is 4.32. The molecule has 23 heavy (non-hydrogen) atoms. The van der Waals surface area contributed by atoms with Crippen LogP contribution in [0.4, 0.5) is 5.69 Å². The molecule has 0 atom stereocenters. The van der Waals surface area contributed by atoms with Crippen molar-refractivity contribution in [2.24, 2.45) is 0 Å². The molecule has 0 aliphatic carbocycles. The summed E-state index contributed by atoms with van der Waals surface area (Å²) in [7, 11) is 1.79. The molecule has 0 heterocycles. The van der Waals surface area contributed by atoms with Gasteiger partial charge in [0.15, 0.2) is 5.78 Å². The third-order valence-corrected chi connectivity index (χ3v) is 3.15. The van der Waals surface area contributed by atoms with Crippen molar-refractivity contribution in [3.8, 4) is 0 Å². The highest BCUT2D eigenvalue weighted by Gasteiger charge is 2.23. The molecule has 0 unspecified atom stereocenters. The van der Waals surface area contributed by atoms with Gasteiger partial charge in [0.05, 0.1) is 5.56 Å². The normalized spacial score (nSPS) is 11.0. The van der Waals surface area contributed by atoms with Gasteiger partial charge in [-0.3, -0.25) is 9.59 Å². The van der Waals surface area contributed by atoms with Crippen LogP contribution in [-0.2, 0) is 9.53 Å². The van der Waals surface area contributed by atoms with E-state index in [2.05, 4.69) is 0 Å². The number of benzene rings is 1. The number of ether oxygens (including phenoxy) is 1. The smallest absolute Gasteiger partial charge is 0.335 e. The summed E-state index contributed by atoms with van der Waals surface area (Å²) in [6.07, 6.45) is -0.426. The number of rotatable bonds is 6. The summed E-state index contributed by atoms with van der Waals surface area (Å²) < 4.78 is 5.14. The van der Waals surface area contributed by atoms with Crippen molar-refractivity contribution in [1.82, 2.24) is 0 Å². The number of esters is 1. The van der Waals surface area contributed by atoms with Gasteiger partial charge in [0.25, 0.3) is 0 Å². The highest BCUT2D eigenvalue weighted by Crippen LogP contribution is 2.23. The van der Waals surface area contributed by atoms with Gasteiger partial charge in [-0.25, -0.2) is 4.79 Å². The Morgan fingerprint density at radius 2 is 1.83 bits per heavy atom. The van der Waals surface area contributed by atoms with Gasteiger partial charge < -0.3 is 14.7 Å². The second-order valence-corrected chi connectivity index (χ2v) is 6.24. The number of ketones is 1. The van der Waals surface area contributed by atoms with Crippen LogP contribution in [0.5, 0.6) is 0 Å². The molecular formula is C17H23NO5. The maximum atomic E-state index is 12.4. The summed E-state index contributed by atoms with van der Waals surface area (Å²) >= 11 is 0. The monoisotopic (exact) mass is 321 g/mol. The molecule has 0 saturated carbocycles. The van der Waals surface area contributed by atoms with Gasteiger partial charge in [-0.2, -0.15) is 0 Å². The lowest BCUT2D eigenvalue weighted by Gasteiger charge is -2.22. The summed E-state index contributed by atoms with van der Waals surface area (Å²) in [5.74, 6) is -2.21. The third-order valence-electron chi connectivity index (χ3n) is 3.15. The lowest BCUT2D eigenvalue weighted by molar-refractivity contribution is -0.153.